The van der Waals surface area contributed by atoms with Gasteiger partial charge in [-0.3, -0.25) is 4.99 Å². The van der Waals surface area contributed by atoms with Gasteiger partial charge in [-0.2, -0.15) is 0 Å². The summed E-state index contributed by atoms with van der Waals surface area (Å²) in [7, 11) is -2.31. The minimum atomic E-state index is -3.62. The van der Waals surface area contributed by atoms with Crippen molar-refractivity contribution in [2.45, 2.75) is 9.24 Å². The van der Waals surface area contributed by atoms with E-state index < -0.39 is 15.8 Å². The Morgan fingerprint density at radius 3 is 2.46 bits per heavy atom. The molecule has 2 aromatic carbocycles. The average Bonchev–Trinajstić information content (AvgIpc) is 3.17. The summed E-state index contributed by atoms with van der Waals surface area (Å²) in [5.41, 5.74) is 1.05. The number of benzene rings is 2. The number of thiazole rings is 1. The highest BCUT2D eigenvalue weighted by atomic mass is 32.2. The van der Waals surface area contributed by atoms with E-state index in [1.807, 2.05) is 0 Å². The fourth-order valence-electron chi connectivity index (χ4n) is 2.09. The van der Waals surface area contributed by atoms with Crippen molar-refractivity contribution < 1.29 is 17.9 Å². The summed E-state index contributed by atoms with van der Waals surface area (Å²) < 4.78 is 29.7. The van der Waals surface area contributed by atoms with Crippen molar-refractivity contribution in [2.75, 3.05) is 7.11 Å². The van der Waals surface area contributed by atoms with Gasteiger partial charge in [0.15, 0.2) is 0 Å². The zero-order valence-electron chi connectivity index (χ0n) is 13.7. The third kappa shape index (κ3) is 3.87. The molecule has 0 aliphatic heterocycles. The van der Waals surface area contributed by atoms with Crippen molar-refractivity contribution in [3.63, 3.8) is 0 Å². The van der Waals surface area contributed by atoms with Gasteiger partial charge in [-0.1, -0.05) is 18.2 Å². The van der Waals surface area contributed by atoms with Gasteiger partial charge >= 0.3 is 5.97 Å². The third-order valence-corrected chi connectivity index (χ3v) is 6.51. The van der Waals surface area contributed by atoms with Crippen LogP contribution in [-0.4, -0.2) is 32.7 Å². The zero-order valence-corrected chi connectivity index (χ0v) is 15.3. The minimum Gasteiger partial charge on any atom is -0.465 e. The smallest absolute Gasteiger partial charge is 0.337 e. The normalized spacial score (nSPS) is 11.6. The van der Waals surface area contributed by atoms with Gasteiger partial charge in [0, 0.05) is 12.4 Å². The summed E-state index contributed by atoms with van der Waals surface area (Å²) in [6, 6.07) is 14.7. The summed E-state index contributed by atoms with van der Waals surface area (Å²) >= 11 is 1.04. The molecule has 0 radical (unpaired) electrons. The first kappa shape index (κ1) is 18.0. The average molecular weight is 386 g/mol. The molecular weight excluding hydrogens is 372 g/mol. The van der Waals surface area contributed by atoms with Crippen LogP contribution in [0.5, 0.6) is 0 Å². The molecular formula is C18H14N2O4S2. The van der Waals surface area contributed by atoms with Gasteiger partial charge < -0.3 is 4.74 Å². The van der Waals surface area contributed by atoms with Crippen LogP contribution in [0.3, 0.4) is 0 Å². The second-order valence-electron chi connectivity index (χ2n) is 5.14. The Labute approximate surface area is 154 Å². The van der Waals surface area contributed by atoms with Gasteiger partial charge in [-0.05, 0) is 36.4 Å². The molecule has 0 bridgehead atoms. The second kappa shape index (κ2) is 7.59. The highest BCUT2D eigenvalue weighted by Gasteiger charge is 2.21. The number of esters is 1. The topological polar surface area (TPSA) is 85.7 Å². The standard InChI is InChI=1S/C18H14N2O4S2/c1-24-17(21)13-7-9-14(10-8-13)19-11-15-12-20-18(25-15)26(22,23)16-5-3-2-4-6-16/h2-12H,1H3. The second-order valence-corrected chi connectivity index (χ2v) is 8.33. The maximum absolute atomic E-state index is 12.5. The lowest BCUT2D eigenvalue weighted by molar-refractivity contribution is 0.0601. The van der Waals surface area contributed by atoms with Gasteiger partial charge in [0.05, 0.1) is 28.1 Å². The van der Waals surface area contributed by atoms with Gasteiger partial charge in [0.25, 0.3) is 0 Å². The minimum absolute atomic E-state index is 0.0196. The zero-order chi connectivity index (χ0) is 18.6. The van der Waals surface area contributed by atoms with Crippen LogP contribution in [0.2, 0.25) is 0 Å². The fourth-order valence-corrected chi connectivity index (χ4v) is 4.54. The van der Waals surface area contributed by atoms with E-state index in [1.165, 1.54) is 31.7 Å². The van der Waals surface area contributed by atoms with E-state index in [4.69, 9.17) is 0 Å². The SMILES string of the molecule is COC(=O)c1ccc(N=Cc2cnc(S(=O)(=O)c3ccccc3)s2)cc1. The van der Waals surface area contributed by atoms with Crippen molar-refractivity contribution in [1.29, 1.82) is 0 Å². The highest BCUT2D eigenvalue weighted by Crippen LogP contribution is 2.24. The van der Waals surface area contributed by atoms with E-state index in [0.717, 1.165) is 11.3 Å². The van der Waals surface area contributed by atoms with Crippen molar-refractivity contribution in [3.8, 4) is 0 Å². The molecule has 0 saturated carbocycles. The molecule has 8 heteroatoms. The number of rotatable bonds is 5. The van der Waals surface area contributed by atoms with Gasteiger partial charge in [0.1, 0.15) is 0 Å². The Morgan fingerprint density at radius 2 is 1.81 bits per heavy atom. The Kier molecular flexibility index (Phi) is 5.24. The molecule has 0 N–H and O–H groups in total. The number of aliphatic imine (C=N–C) groups is 1. The monoisotopic (exact) mass is 386 g/mol. The molecule has 0 fully saturated rings. The largest absolute Gasteiger partial charge is 0.465 e. The Morgan fingerprint density at radius 1 is 1.12 bits per heavy atom. The molecule has 132 valence electrons. The Bertz CT molecular complexity index is 1040. The van der Waals surface area contributed by atoms with Crippen LogP contribution in [-0.2, 0) is 14.6 Å². The molecule has 1 heterocycles. The molecule has 1 aromatic heterocycles. The van der Waals surface area contributed by atoms with Crippen molar-refractivity contribution in [3.05, 3.63) is 71.2 Å². The molecule has 0 aliphatic carbocycles. The summed E-state index contributed by atoms with van der Waals surface area (Å²) in [6.45, 7) is 0. The molecule has 0 atom stereocenters. The number of carbonyl (C=O) groups excluding carboxylic acids is 1. The highest BCUT2D eigenvalue weighted by molar-refractivity contribution is 7.93. The van der Waals surface area contributed by atoms with E-state index in [0.29, 0.717) is 16.1 Å². The quantitative estimate of drug-likeness (QED) is 0.495. The van der Waals surface area contributed by atoms with Crippen LogP contribution in [0.1, 0.15) is 15.2 Å². The first-order valence-corrected chi connectivity index (χ1v) is 9.79. The van der Waals surface area contributed by atoms with E-state index in [1.54, 1.807) is 42.5 Å². The number of methoxy groups -OCH3 is 1. The lowest BCUT2D eigenvalue weighted by atomic mass is 10.2. The summed E-state index contributed by atoms with van der Waals surface area (Å²) in [6.07, 6.45) is 3.00. The van der Waals surface area contributed by atoms with Crippen molar-refractivity contribution in [1.82, 2.24) is 4.98 Å². The van der Waals surface area contributed by atoms with Crippen LogP contribution in [0.25, 0.3) is 0 Å². The van der Waals surface area contributed by atoms with Crippen LogP contribution in [0.4, 0.5) is 5.69 Å². The molecule has 0 amide bonds. The molecule has 3 rings (SSSR count). The van der Waals surface area contributed by atoms with Crippen LogP contribution >= 0.6 is 11.3 Å². The molecule has 26 heavy (non-hydrogen) atoms. The summed E-state index contributed by atoms with van der Waals surface area (Å²) in [4.78, 5) is 20.5. The number of ether oxygens (including phenoxy) is 1. The van der Waals surface area contributed by atoms with Crippen LogP contribution < -0.4 is 0 Å². The molecule has 0 spiro atoms. The molecule has 0 saturated heterocycles. The van der Waals surface area contributed by atoms with Gasteiger partial charge in [0.2, 0.25) is 14.2 Å². The predicted molar refractivity (Wildman–Crippen MR) is 99.0 cm³/mol. The molecule has 0 unspecified atom stereocenters. The van der Waals surface area contributed by atoms with Crippen LogP contribution in [0, 0.1) is 0 Å². The number of nitrogens with zero attached hydrogens (tertiary/aromatic N) is 2. The Balaban J connectivity index is 1.78. The number of carbonyl (C=O) groups is 1. The molecule has 3 aromatic rings. The van der Waals surface area contributed by atoms with Crippen molar-refractivity contribution >= 4 is 39.0 Å². The first-order valence-electron chi connectivity index (χ1n) is 7.49. The summed E-state index contributed by atoms with van der Waals surface area (Å²) in [5.74, 6) is -0.418. The number of sulfone groups is 1. The van der Waals surface area contributed by atoms with Gasteiger partial charge in [-0.15, -0.1) is 11.3 Å². The van der Waals surface area contributed by atoms with Crippen molar-refractivity contribution in [2.24, 2.45) is 4.99 Å². The third-order valence-electron chi connectivity index (χ3n) is 3.42. The molecule has 6 nitrogen and oxygen atoms in total. The molecule has 0 aliphatic rings. The van der Waals surface area contributed by atoms with E-state index >= 15 is 0 Å². The maximum atomic E-state index is 12.5. The number of hydrogen-bond acceptors (Lipinski definition) is 7. The van der Waals surface area contributed by atoms with Gasteiger partial charge in [-0.25, -0.2) is 18.2 Å². The van der Waals surface area contributed by atoms with E-state index in [9.17, 15) is 13.2 Å². The summed E-state index contributed by atoms with van der Waals surface area (Å²) in [5, 5.41) is 0. The van der Waals surface area contributed by atoms with Crippen LogP contribution in [0.15, 0.2) is 75.0 Å². The first-order chi connectivity index (χ1) is 12.5. The number of hydrogen-bond donors (Lipinski definition) is 0. The fraction of sp³-hybridized carbons (Fsp3) is 0.0556. The Hall–Kier alpha value is -2.84. The van der Waals surface area contributed by atoms with E-state index in [2.05, 4.69) is 14.7 Å². The number of aromatic nitrogens is 1. The lowest BCUT2D eigenvalue weighted by Crippen LogP contribution is -2.00. The maximum Gasteiger partial charge on any atom is 0.337 e. The van der Waals surface area contributed by atoms with E-state index in [-0.39, 0.29) is 9.24 Å². The lowest BCUT2D eigenvalue weighted by Gasteiger charge is -1.99. The predicted octanol–water partition coefficient (Wildman–Crippen LogP) is 3.51.